The summed E-state index contributed by atoms with van der Waals surface area (Å²) >= 11 is 0. The molecule has 156 valence electrons. The van der Waals surface area contributed by atoms with Crippen molar-refractivity contribution in [3.05, 3.63) is 59.4 Å². The molecule has 0 aliphatic rings. The molecule has 0 fully saturated rings. The second-order valence-corrected chi connectivity index (χ2v) is 7.51. The number of carbonyl (C=O) groups excluding carboxylic acids is 2. The number of anilines is 1. The molecular formula is C17H12F5NO5S. The maximum Gasteiger partial charge on any atom is 0.341 e. The molecule has 12 heteroatoms. The lowest BCUT2D eigenvalue weighted by molar-refractivity contribution is -0.123. The van der Waals surface area contributed by atoms with E-state index in [9.17, 15) is 40.0 Å². The van der Waals surface area contributed by atoms with E-state index in [1.165, 1.54) is 0 Å². The Kier molecular flexibility index (Phi) is 6.57. The van der Waals surface area contributed by atoms with Gasteiger partial charge in [0.2, 0.25) is 9.84 Å². The number of amides is 1. The van der Waals surface area contributed by atoms with Gasteiger partial charge in [0.25, 0.3) is 5.91 Å². The van der Waals surface area contributed by atoms with E-state index in [0.29, 0.717) is 6.07 Å². The molecule has 0 saturated heterocycles. The maximum atomic E-state index is 13.6. The number of benzene rings is 2. The Balaban J connectivity index is 2.07. The van der Waals surface area contributed by atoms with Crippen LogP contribution in [0.1, 0.15) is 17.3 Å². The normalized spacial score (nSPS) is 12.5. The third kappa shape index (κ3) is 4.88. The Morgan fingerprint density at radius 3 is 2.10 bits per heavy atom. The molecule has 29 heavy (non-hydrogen) atoms. The quantitative estimate of drug-likeness (QED) is 0.426. The van der Waals surface area contributed by atoms with Crippen molar-refractivity contribution >= 4 is 27.4 Å². The lowest BCUT2D eigenvalue weighted by Crippen LogP contribution is -2.30. The van der Waals surface area contributed by atoms with Gasteiger partial charge in [0.15, 0.2) is 23.6 Å². The Labute approximate surface area is 161 Å². The van der Waals surface area contributed by atoms with Crippen LogP contribution in [0.25, 0.3) is 0 Å². The molecular weight excluding hydrogens is 425 g/mol. The second kappa shape index (κ2) is 8.55. The van der Waals surface area contributed by atoms with Gasteiger partial charge in [0.1, 0.15) is 0 Å². The highest BCUT2D eigenvalue weighted by Crippen LogP contribution is 2.21. The van der Waals surface area contributed by atoms with Crippen molar-refractivity contribution in [2.24, 2.45) is 0 Å². The number of hydrogen-bond donors (Lipinski definition) is 1. The number of carbonyl (C=O) groups is 2. The standard InChI is InChI=1S/C17H12F5NO5S/c1-8(15(24)23-12-7-6-11(18)13(19)14(12)20)28-16(25)9-2-4-10(5-3-9)29(26,27)17(21)22/h2-8,17H,1H3,(H,23,24)/t8-/m1/s1. The molecule has 1 amide bonds. The van der Waals surface area contributed by atoms with Crippen molar-refractivity contribution in [2.75, 3.05) is 5.32 Å². The monoisotopic (exact) mass is 437 g/mol. The molecule has 1 N–H and O–H groups in total. The predicted molar refractivity (Wildman–Crippen MR) is 89.5 cm³/mol. The number of rotatable bonds is 6. The summed E-state index contributed by atoms with van der Waals surface area (Å²) in [4.78, 5) is 23.2. The van der Waals surface area contributed by atoms with Crippen LogP contribution in [0.4, 0.5) is 27.6 Å². The largest absolute Gasteiger partial charge is 0.449 e. The molecule has 0 spiro atoms. The fourth-order valence-electron chi connectivity index (χ4n) is 2.02. The number of nitrogens with one attached hydrogen (secondary N) is 1. The zero-order chi connectivity index (χ0) is 21.9. The minimum absolute atomic E-state index is 0.253. The van der Waals surface area contributed by atoms with Gasteiger partial charge >= 0.3 is 11.7 Å². The van der Waals surface area contributed by atoms with Crippen molar-refractivity contribution in [1.29, 1.82) is 0 Å². The maximum absolute atomic E-state index is 13.6. The predicted octanol–water partition coefficient (Wildman–Crippen LogP) is 3.28. The Morgan fingerprint density at radius 2 is 1.55 bits per heavy atom. The van der Waals surface area contributed by atoms with E-state index in [0.717, 1.165) is 37.3 Å². The van der Waals surface area contributed by atoms with Gasteiger partial charge in [-0.05, 0) is 43.3 Å². The van der Waals surface area contributed by atoms with Crippen LogP contribution in [0.3, 0.4) is 0 Å². The molecule has 0 saturated carbocycles. The summed E-state index contributed by atoms with van der Waals surface area (Å²) < 4.78 is 92.0. The first kappa shape index (κ1) is 22.3. The number of ether oxygens (including phenoxy) is 1. The minimum atomic E-state index is -4.84. The van der Waals surface area contributed by atoms with E-state index >= 15 is 0 Å². The minimum Gasteiger partial charge on any atom is -0.449 e. The summed E-state index contributed by atoms with van der Waals surface area (Å²) in [5, 5.41) is 1.92. The molecule has 6 nitrogen and oxygen atoms in total. The molecule has 0 radical (unpaired) electrons. The van der Waals surface area contributed by atoms with Crippen molar-refractivity contribution in [3.63, 3.8) is 0 Å². The fourth-order valence-corrected chi connectivity index (χ4v) is 2.74. The van der Waals surface area contributed by atoms with Crippen LogP contribution in [-0.2, 0) is 19.4 Å². The molecule has 0 aliphatic carbocycles. The third-order valence-corrected chi connectivity index (χ3v) is 5.00. The summed E-state index contributed by atoms with van der Waals surface area (Å²) in [5.41, 5.74) is -0.935. The van der Waals surface area contributed by atoms with Gasteiger partial charge in [-0.25, -0.2) is 26.4 Å². The smallest absolute Gasteiger partial charge is 0.341 e. The summed E-state index contributed by atoms with van der Waals surface area (Å²) in [6, 6.07) is 4.68. The van der Waals surface area contributed by atoms with Crippen LogP contribution in [0, 0.1) is 17.5 Å². The lowest BCUT2D eigenvalue weighted by atomic mass is 10.2. The molecule has 1 atom stereocenters. The van der Waals surface area contributed by atoms with E-state index < -0.39 is 61.6 Å². The van der Waals surface area contributed by atoms with Gasteiger partial charge in [-0.2, -0.15) is 8.78 Å². The van der Waals surface area contributed by atoms with Crippen LogP contribution in [0.5, 0.6) is 0 Å². The first-order valence-electron chi connectivity index (χ1n) is 7.72. The van der Waals surface area contributed by atoms with Crippen molar-refractivity contribution in [3.8, 4) is 0 Å². The fraction of sp³-hybridized carbons (Fsp3) is 0.176. The SMILES string of the molecule is C[C@@H](OC(=O)c1ccc(S(=O)(=O)C(F)F)cc1)C(=O)Nc1ccc(F)c(F)c1F. The first-order valence-corrected chi connectivity index (χ1v) is 9.27. The second-order valence-electron chi connectivity index (χ2n) is 5.59. The summed E-state index contributed by atoms with van der Waals surface area (Å²) in [6.07, 6.45) is -1.51. The zero-order valence-corrected chi connectivity index (χ0v) is 15.3. The van der Waals surface area contributed by atoms with E-state index in [4.69, 9.17) is 4.74 Å². The van der Waals surface area contributed by atoms with Crippen LogP contribution < -0.4 is 5.32 Å². The van der Waals surface area contributed by atoms with Crippen LogP contribution in [-0.4, -0.2) is 32.2 Å². The third-order valence-electron chi connectivity index (χ3n) is 3.60. The molecule has 0 bridgehead atoms. The van der Waals surface area contributed by atoms with Crippen LogP contribution >= 0.6 is 0 Å². The Hall–Kier alpha value is -3.02. The van der Waals surface area contributed by atoms with Crippen molar-refractivity contribution < 1.29 is 44.7 Å². The molecule has 0 aliphatic heterocycles. The molecule has 2 rings (SSSR count). The molecule has 0 heterocycles. The number of hydrogen-bond acceptors (Lipinski definition) is 5. The molecule has 2 aromatic rings. The van der Waals surface area contributed by atoms with Crippen LogP contribution in [0.15, 0.2) is 41.3 Å². The van der Waals surface area contributed by atoms with E-state index in [-0.39, 0.29) is 5.56 Å². The highest BCUT2D eigenvalue weighted by molar-refractivity contribution is 7.91. The van der Waals surface area contributed by atoms with Gasteiger partial charge in [-0.3, -0.25) is 4.79 Å². The lowest BCUT2D eigenvalue weighted by Gasteiger charge is -2.14. The Bertz CT molecular complexity index is 1040. The molecule has 2 aromatic carbocycles. The summed E-state index contributed by atoms with van der Waals surface area (Å²) in [6.45, 7) is 1.10. The van der Waals surface area contributed by atoms with Gasteiger partial charge < -0.3 is 10.1 Å². The van der Waals surface area contributed by atoms with Gasteiger partial charge in [-0.15, -0.1) is 0 Å². The van der Waals surface area contributed by atoms with E-state index in [2.05, 4.69) is 0 Å². The molecule has 0 aromatic heterocycles. The van der Waals surface area contributed by atoms with Crippen LogP contribution in [0.2, 0.25) is 0 Å². The highest BCUT2D eigenvalue weighted by atomic mass is 32.2. The number of alkyl halides is 2. The average Bonchev–Trinajstić information content (AvgIpc) is 2.68. The van der Waals surface area contributed by atoms with Gasteiger partial charge in [0.05, 0.1) is 16.1 Å². The van der Waals surface area contributed by atoms with Gasteiger partial charge in [0, 0.05) is 0 Å². The van der Waals surface area contributed by atoms with Crippen molar-refractivity contribution in [2.45, 2.75) is 23.7 Å². The molecule has 0 unspecified atom stereocenters. The Morgan fingerprint density at radius 1 is 0.966 bits per heavy atom. The van der Waals surface area contributed by atoms with Crippen molar-refractivity contribution in [1.82, 2.24) is 0 Å². The summed E-state index contributed by atoms with van der Waals surface area (Å²) in [7, 11) is -4.84. The average molecular weight is 437 g/mol. The highest BCUT2D eigenvalue weighted by Gasteiger charge is 2.27. The van der Waals surface area contributed by atoms with Gasteiger partial charge in [-0.1, -0.05) is 0 Å². The summed E-state index contributed by atoms with van der Waals surface area (Å²) in [5.74, 6) is -10.7. The number of esters is 1. The zero-order valence-electron chi connectivity index (χ0n) is 14.5. The number of sulfone groups is 1. The van der Waals surface area contributed by atoms with E-state index in [1.807, 2.05) is 5.32 Å². The van der Waals surface area contributed by atoms with E-state index in [1.54, 1.807) is 0 Å². The first-order chi connectivity index (χ1) is 13.4. The number of halogens is 5. The topological polar surface area (TPSA) is 89.5 Å².